The number of unbranched alkanes of at least 4 members (excludes halogenated alkanes) is 1. The zero-order valence-corrected chi connectivity index (χ0v) is 10.9. The third-order valence-electron chi connectivity index (χ3n) is 2.87. The van der Waals surface area contributed by atoms with Gasteiger partial charge < -0.3 is 5.11 Å². The maximum Gasteiger partial charge on any atom is 0.335 e. The minimum Gasteiger partial charge on any atom is -0.478 e. The van der Waals surface area contributed by atoms with Gasteiger partial charge >= 0.3 is 5.97 Å². The van der Waals surface area contributed by atoms with Crippen molar-refractivity contribution in [2.24, 2.45) is 0 Å². The molecule has 0 radical (unpaired) electrons. The van der Waals surface area contributed by atoms with Crippen LogP contribution < -0.4 is 4.57 Å². The van der Waals surface area contributed by atoms with Crippen molar-refractivity contribution in [1.82, 2.24) is 0 Å². The zero-order chi connectivity index (χ0) is 12.4. The number of fused-ring (bicyclic) bond motifs is 1. The second kappa shape index (κ2) is 4.84. The van der Waals surface area contributed by atoms with Gasteiger partial charge in [-0.2, -0.15) is 4.57 Å². The Hall–Kier alpha value is -1.42. The number of carboxylic acid groups (broad SMARTS) is 1. The molecule has 1 aromatic heterocycles. The highest BCUT2D eigenvalue weighted by molar-refractivity contribution is 7.18. The van der Waals surface area contributed by atoms with Gasteiger partial charge in [-0.05, 0) is 12.1 Å². The maximum atomic E-state index is 11.0. The van der Waals surface area contributed by atoms with E-state index in [0.717, 1.165) is 29.6 Å². The van der Waals surface area contributed by atoms with Gasteiger partial charge in [-0.25, -0.2) is 4.79 Å². The molecule has 2 aromatic rings. The monoisotopic (exact) mass is 250 g/mol. The van der Waals surface area contributed by atoms with Crippen LogP contribution in [0.4, 0.5) is 0 Å². The van der Waals surface area contributed by atoms with Crippen LogP contribution in [0, 0.1) is 6.92 Å². The summed E-state index contributed by atoms with van der Waals surface area (Å²) >= 11 is 1.72. The van der Waals surface area contributed by atoms with Gasteiger partial charge in [0.25, 0.3) is 0 Å². The van der Waals surface area contributed by atoms with Gasteiger partial charge in [-0.1, -0.05) is 24.7 Å². The summed E-state index contributed by atoms with van der Waals surface area (Å²) in [6, 6.07) is 5.35. The van der Waals surface area contributed by atoms with Crippen molar-refractivity contribution in [3.05, 3.63) is 28.8 Å². The maximum absolute atomic E-state index is 11.0. The van der Waals surface area contributed by atoms with Crippen LogP contribution in [0.25, 0.3) is 10.2 Å². The first kappa shape index (κ1) is 12.0. The lowest BCUT2D eigenvalue weighted by Crippen LogP contribution is -2.35. The molecule has 0 amide bonds. The molecule has 0 atom stereocenters. The molecule has 0 spiro atoms. The largest absolute Gasteiger partial charge is 0.478 e. The number of nitrogens with zero attached hydrogens (tertiary/aromatic N) is 1. The molecule has 4 heteroatoms. The molecule has 1 aromatic carbocycles. The fourth-order valence-electron chi connectivity index (χ4n) is 1.93. The molecule has 0 saturated heterocycles. The Bertz CT molecular complexity index is 560. The van der Waals surface area contributed by atoms with E-state index in [1.54, 1.807) is 23.5 Å². The van der Waals surface area contributed by atoms with Gasteiger partial charge in [-0.15, -0.1) is 0 Å². The molecule has 0 unspecified atom stereocenters. The standard InChI is InChI=1S/C13H15NO2S/c1-3-4-7-14-9(2)17-12-6-5-10(13(15)16)8-11(12)14/h5-6,8H,3-4,7H2,1-2H3/p+1. The van der Waals surface area contributed by atoms with Crippen molar-refractivity contribution in [3.63, 3.8) is 0 Å². The first-order chi connectivity index (χ1) is 8.13. The molecular formula is C13H16NO2S+. The number of hydrogen-bond acceptors (Lipinski definition) is 2. The summed E-state index contributed by atoms with van der Waals surface area (Å²) in [5, 5.41) is 10.2. The number of aromatic nitrogens is 1. The number of carboxylic acids is 1. The van der Waals surface area contributed by atoms with Crippen molar-refractivity contribution < 1.29 is 14.5 Å². The number of rotatable bonds is 4. The van der Waals surface area contributed by atoms with Gasteiger partial charge in [-0.3, -0.25) is 0 Å². The number of hydrogen-bond donors (Lipinski definition) is 1. The molecule has 2 rings (SSSR count). The normalized spacial score (nSPS) is 10.9. The summed E-state index contributed by atoms with van der Waals surface area (Å²) < 4.78 is 3.37. The molecule has 0 aliphatic carbocycles. The Morgan fingerprint density at radius 1 is 1.47 bits per heavy atom. The Morgan fingerprint density at radius 3 is 2.88 bits per heavy atom. The number of aromatic carboxylic acids is 1. The van der Waals surface area contributed by atoms with Crippen LogP contribution in [0.1, 0.15) is 35.1 Å². The zero-order valence-electron chi connectivity index (χ0n) is 10.1. The Balaban J connectivity index is 2.52. The van der Waals surface area contributed by atoms with Crippen LogP contribution in [0.2, 0.25) is 0 Å². The highest BCUT2D eigenvalue weighted by Gasteiger charge is 2.18. The quantitative estimate of drug-likeness (QED) is 0.847. The van der Waals surface area contributed by atoms with Crippen LogP contribution in [-0.4, -0.2) is 11.1 Å². The average Bonchev–Trinajstić information content (AvgIpc) is 2.61. The summed E-state index contributed by atoms with van der Waals surface area (Å²) in [4.78, 5) is 11.0. The van der Waals surface area contributed by atoms with Crippen molar-refractivity contribution in [3.8, 4) is 0 Å². The third-order valence-corrected chi connectivity index (χ3v) is 3.95. The van der Waals surface area contributed by atoms with Crippen molar-refractivity contribution in [2.75, 3.05) is 0 Å². The Morgan fingerprint density at radius 2 is 2.24 bits per heavy atom. The topological polar surface area (TPSA) is 41.2 Å². The van der Waals surface area contributed by atoms with E-state index in [2.05, 4.69) is 18.4 Å². The summed E-state index contributed by atoms with van der Waals surface area (Å²) in [5.41, 5.74) is 1.40. The van der Waals surface area contributed by atoms with Gasteiger partial charge in [0.05, 0.1) is 5.56 Å². The van der Waals surface area contributed by atoms with Crippen LogP contribution in [0.5, 0.6) is 0 Å². The van der Waals surface area contributed by atoms with Gasteiger partial charge in [0.15, 0.2) is 0 Å². The lowest BCUT2D eigenvalue weighted by molar-refractivity contribution is -0.673. The molecule has 1 heterocycles. The summed E-state index contributed by atoms with van der Waals surface area (Å²) in [6.07, 6.45) is 2.26. The molecule has 0 aliphatic heterocycles. The number of thiazole rings is 1. The fourth-order valence-corrected chi connectivity index (χ4v) is 2.95. The lowest BCUT2D eigenvalue weighted by Gasteiger charge is -1.96. The molecule has 0 fully saturated rings. The van der Waals surface area contributed by atoms with E-state index in [-0.39, 0.29) is 0 Å². The first-order valence-electron chi connectivity index (χ1n) is 5.79. The molecule has 0 aliphatic rings. The van der Waals surface area contributed by atoms with Crippen LogP contribution in [0.15, 0.2) is 18.2 Å². The van der Waals surface area contributed by atoms with E-state index >= 15 is 0 Å². The average molecular weight is 250 g/mol. The second-order valence-corrected chi connectivity index (χ2v) is 5.35. The minimum absolute atomic E-state index is 0.362. The van der Waals surface area contributed by atoms with Gasteiger partial charge in [0, 0.05) is 19.4 Å². The predicted molar refractivity (Wildman–Crippen MR) is 68.6 cm³/mol. The molecular weight excluding hydrogens is 234 g/mol. The number of benzene rings is 1. The number of carbonyl (C=O) groups is 1. The van der Waals surface area contributed by atoms with E-state index in [0.29, 0.717) is 5.56 Å². The Labute approximate surface area is 104 Å². The molecule has 17 heavy (non-hydrogen) atoms. The van der Waals surface area contributed by atoms with E-state index < -0.39 is 5.97 Å². The summed E-state index contributed by atoms with van der Waals surface area (Å²) in [6.45, 7) is 5.21. The van der Waals surface area contributed by atoms with Crippen molar-refractivity contribution in [1.29, 1.82) is 0 Å². The molecule has 90 valence electrons. The summed E-state index contributed by atoms with van der Waals surface area (Å²) in [5.74, 6) is -0.863. The number of aryl methyl sites for hydroxylation is 2. The SMILES string of the molecule is CCCC[n+]1c(C)sc2ccc(C(=O)O)cc21. The molecule has 0 saturated carbocycles. The van der Waals surface area contributed by atoms with E-state index in [4.69, 9.17) is 5.11 Å². The second-order valence-electron chi connectivity index (χ2n) is 4.11. The van der Waals surface area contributed by atoms with Crippen LogP contribution in [-0.2, 0) is 6.54 Å². The van der Waals surface area contributed by atoms with Crippen molar-refractivity contribution >= 4 is 27.5 Å². The lowest BCUT2D eigenvalue weighted by atomic mass is 10.2. The van der Waals surface area contributed by atoms with E-state index in [1.807, 2.05) is 6.07 Å². The van der Waals surface area contributed by atoms with Gasteiger partial charge in [0.1, 0.15) is 11.2 Å². The summed E-state index contributed by atoms with van der Waals surface area (Å²) in [7, 11) is 0. The van der Waals surface area contributed by atoms with Crippen molar-refractivity contribution in [2.45, 2.75) is 33.2 Å². The highest BCUT2D eigenvalue weighted by Crippen LogP contribution is 2.21. The highest BCUT2D eigenvalue weighted by atomic mass is 32.1. The van der Waals surface area contributed by atoms with E-state index in [1.165, 1.54) is 5.01 Å². The fraction of sp³-hybridized carbons (Fsp3) is 0.385. The molecule has 0 bridgehead atoms. The predicted octanol–water partition coefficient (Wildman–Crippen LogP) is 3.00. The van der Waals surface area contributed by atoms with Gasteiger partial charge in [0.2, 0.25) is 10.5 Å². The third kappa shape index (κ3) is 2.31. The molecule has 1 N–H and O–H groups in total. The minimum atomic E-state index is -0.863. The molecule has 3 nitrogen and oxygen atoms in total. The Kier molecular flexibility index (Phi) is 3.43. The smallest absolute Gasteiger partial charge is 0.335 e. The van der Waals surface area contributed by atoms with Crippen LogP contribution >= 0.6 is 11.3 Å². The van der Waals surface area contributed by atoms with Crippen LogP contribution in [0.3, 0.4) is 0 Å². The first-order valence-corrected chi connectivity index (χ1v) is 6.61. The van der Waals surface area contributed by atoms with E-state index in [9.17, 15) is 4.79 Å².